The second-order valence-electron chi connectivity index (χ2n) is 5.42. The predicted molar refractivity (Wildman–Crippen MR) is 80.4 cm³/mol. The standard InChI is InChI=1S/C15H14F2N6/c16-14(17)10-9-23-11(7-20-13(23)8-19-10)15-18-4-3-12(21-15)22-5-1-2-6-22/h3-4,7-9,14H,1-2,5-6H2. The SMILES string of the molecule is FC(F)c1cn2c(-c3nccc(N4CCCC4)n3)cnc2cn1. The van der Waals surface area contributed by atoms with Crippen LogP contribution in [0.5, 0.6) is 0 Å². The van der Waals surface area contributed by atoms with Crippen LogP contribution in [0.2, 0.25) is 0 Å². The minimum absolute atomic E-state index is 0.299. The van der Waals surface area contributed by atoms with Gasteiger partial charge in [0, 0.05) is 25.5 Å². The fraction of sp³-hybridized carbons (Fsp3) is 0.333. The quantitative estimate of drug-likeness (QED) is 0.743. The fourth-order valence-electron chi connectivity index (χ4n) is 2.78. The molecule has 4 rings (SSSR count). The van der Waals surface area contributed by atoms with Crippen LogP contribution in [0.15, 0.2) is 30.9 Å². The summed E-state index contributed by atoms with van der Waals surface area (Å²) in [4.78, 5) is 18.9. The molecule has 0 N–H and O–H groups in total. The van der Waals surface area contributed by atoms with Crippen LogP contribution < -0.4 is 4.90 Å². The molecule has 4 heterocycles. The molecular weight excluding hydrogens is 302 g/mol. The first-order valence-electron chi connectivity index (χ1n) is 7.42. The normalized spacial score (nSPS) is 15.0. The molecule has 1 aliphatic heterocycles. The predicted octanol–water partition coefficient (Wildman–Crippen LogP) is 2.72. The number of fused-ring (bicyclic) bond motifs is 1. The van der Waals surface area contributed by atoms with Crippen molar-refractivity contribution in [3.63, 3.8) is 0 Å². The average molecular weight is 316 g/mol. The van der Waals surface area contributed by atoms with Gasteiger partial charge < -0.3 is 4.90 Å². The van der Waals surface area contributed by atoms with E-state index in [1.807, 2.05) is 6.07 Å². The minimum atomic E-state index is -2.63. The zero-order chi connectivity index (χ0) is 15.8. The minimum Gasteiger partial charge on any atom is -0.356 e. The first-order chi connectivity index (χ1) is 11.2. The van der Waals surface area contributed by atoms with Crippen LogP contribution in [0.1, 0.15) is 25.0 Å². The Morgan fingerprint density at radius 2 is 1.87 bits per heavy atom. The molecule has 1 saturated heterocycles. The third-order valence-electron chi connectivity index (χ3n) is 3.94. The van der Waals surface area contributed by atoms with E-state index in [-0.39, 0.29) is 5.69 Å². The largest absolute Gasteiger partial charge is 0.356 e. The second kappa shape index (κ2) is 5.53. The van der Waals surface area contributed by atoms with E-state index in [9.17, 15) is 8.78 Å². The monoisotopic (exact) mass is 316 g/mol. The number of rotatable bonds is 3. The fourth-order valence-corrected chi connectivity index (χ4v) is 2.78. The Morgan fingerprint density at radius 3 is 2.65 bits per heavy atom. The van der Waals surface area contributed by atoms with Crippen LogP contribution in [-0.2, 0) is 0 Å². The lowest BCUT2D eigenvalue weighted by molar-refractivity contribution is 0.145. The summed E-state index contributed by atoms with van der Waals surface area (Å²) in [6.07, 6.45) is 5.55. The van der Waals surface area contributed by atoms with Gasteiger partial charge in [-0.1, -0.05) is 0 Å². The lowest BCUT2D eigenvalue weighted by Gasteiger charge is -2.16. The van der Waals surface area contributed by atoms with Crippen molar-refractivity contribution in [3.05, 3.63) is 36.5 Å². The van der Waals surface area contributed by atoms with Gasteiger partial charge in [0.15, 0.2) is 11.5 Å². The highest BCUT2D eigenvalue weighted by molar-refractivity contribution is 5.58. The van der Waals surface area contributed by atoms with Gasteiger partial charge in [0.1, 0.15) is 17.2 Å². The van der Waals surface area contributed by atoms with Gasteiger partial charge in [-0.25, -0.2) is 28.7 Å². The van der Waals surface area contributed by atoms with Crippen LogP contribution >= 0.6 is 0 Å². The summed E-state index contributed by atoms with van der Waals surface area (Å²) in [5.74, 6) is 1.32. The highest BCUT2D eigenvalue weighted by Crippen LogP contribution is 2.23. The van der Waals surface area contributed by atoms with Gasteiger partial charge in [0.2, 0.25) is 0 Å². The molecule has 0 aromatic carbocycles. The summed E-state index contributed by atoms with van der Waals surface area (Å²) in [7, 11) is 0. The van der Waals surface area contributed by atoms with E-state index in [1.165, 1.54) is 12.4 Å². The molecule has 0 aliphatic carbocycles. The smallest absolute Gasteiger partial charge is 0.281 e. The maximum Gasteiger partial charge on any atom is 0.281 e. The summed E-state index contributed by atoms with van der Waals surface area (Å²) >= 11 is 0. The lowest BCUT2D eigenvalue weighted by atomic mass is 10.4. The molecule has 3 aromatic heterocycles. The van der Waals surface area contributed by atoms with E-state index in [2.05, 4.69) is 24.8 Å². The molecule has 0 amide bonds. The van der Waals surface area contributed by atoms with E-state index >= 15 is 0 Å². The molecule has 23 heavy (non-hydrogen) atoms. The van der Waals surface area contributed by atoms with Gasteiger partial charge in [-0.05, 0) is 18.9 Å². The van der Waals surface area contributed by atoms with Crippen molar-refractivity contribution in [2.75, 3.05) is 18.0 Å². The maximum atomic E-state index is 12.9. The Kier molecular flexibility index (Phi) is 3.36. The van der Waals surface area contributed by atoms with E-state index in [0.29, 0.717) is 17.2 Å². The molecule has 0 atom stereocenters. The maximum absolute atomic E-state index is 12.9. The number of hydrogen-bond acceptors (Lipinski definition) is 5. The Morgan fingerprint density at radius 1 is 1.04 bits per heavy atom. The van der Waals surface area contributed by atoms with Gasteiger partial charge in [-0.15, -0.1) is 0 Å². The van der Waals surface area contributed by atoms with Gasteiger partial charge in [-0.2, -0.15) is 0 Å². The van der Waals surface area contributed by atoms with Crippen molar-refractivity contribution in [1.29, 1.82) is 0 Å². The van der Waals surface area contributed by atoms with Crippen LogP contribution in [0, 0.1) is 0 Å². The van der Waals surface area contributed by atoms with Crippen molar-refractivity contribution in [2.45, 2.75) is 19.3 Å². The summed E-state index contributed by atoms with van der Waals surface area (Å²) in [5.41, 5.74) is 0.761. The molecule has 1 fully saturated rings. The lowest BCUT2D eigenvalue weighted by Crippen LogP contribution is -2.19. The molecule has 0 bridgehead atoms. The van der Waals surface area contributed by atoms with Crippen molar-refractivity contribution in [2.24, 2.45) is 0 Å². The highest BCUT2D eigenvalue weighted by atomic mass is 19.3. The Balaban J connectivity index is 1.79. The van der Waals surface area contributed by atoms with Gasteiger partial charge in [-0.3, -0.25) is 4.40 Å². The summed E-state index contributed by atoms with van der Waals surface area (Å²) < 4.78 is 27.3. The Hall–Kier alpha value is -2.64. The van der Waals surface area contributed by atoms with E-state index in [1.54, 1.807) is 16.8 Å². The van der Waals surface area contributed by atoms with Gasteiger partial charge >= 0.3 is 0 Å². The van der Waals surface area contributed by atoms with Crippen LogP contribution in [-0.4, -0.2) is 37.4 Å². The van der Waals surface area contributed by atoms with Crippen molar-refractivity contribution in [3.8, 4) is 11.5 Å². The molecular formula is C15H14F2N6. The first kappa shape index (κ1) is 14.0. The topological polar surface area (TPSA) is 59.2 Å². The third kappa shape index (κ3) is 2.49. The number of hydrogen-bond donors (Lipinski definition) is 0. The highest BCUT2D eigenvalue weighted by Gasteiger charge is 2.17. The van der Waals surface area contributed by atoms with Crippen molar-refractivity contribution in [1.82, 2.24) is 24.3 Å². The summed E-state index contributed by atoms with van der Waals surface area (Å²) in [6, 6.07) is 1.87. The number of alkyl halides is 2. The molecule has 0 unspecified atom stereocenters. The van der Waals surface area contributed by atoms with Gasteiger partial charge in [0.25, 0.3) is 6.43 Å². The van der Waals surface area contributed by atoms with Crippen LogP contribution in [0.4, 0.5) is 14.6 Å². The van der Waals surface area contributed by atoms with E-state index < -0.39 is 6.43 Å². The molecule has 118 valence electrons. The summed E-state index contributed by atoms with van der Waals surface area (Å²) in [5, 5.41) is 0. The molecule has 6 nitrogen and oxygen atoms in total. The summed E-state index contributed by atoms with van der Waals surface area (Å²) in [6.45, 7) is 1.95. The van der Waals surface area contributed by atoms with Crippen molar-refractivity contribution >= 4 is 11.5 Å². The zero-order valence-electron chi connectivity index (χ0n) is 12.2. The number of anilines is 1. The molecule has 1 aliphatic rings. The molecule has 8 heteroatoms. The molecule has 3 aromatic rings. The number of aromatic nitrogens is 5. The second-order valence-corrected chi connectivity index (χ2v) is 5.42. The molecule has 0 radical (unpaired) electrons. The third-order valence-corrected chi connectivity index (χ3v) is 3.94. The van der Waals surface area contributed by atoms with E-state index in [0.717, 1.165) is 31.7 Å². The van der Waals surface area contributed by atoms with E-state index in [4.69, 9.17) is 0 Å². The Labute approximate surface area is 130 Å². The van der Waals surface area contributed by atoms with Gasteiger partial charge in [0.05, 0.1) is 12.4 Å². The number of nitrogens with zero attached hydrogens (tertiary/aromatic N) is 6. The van der Waals surface area contributed by atoms with Crippen molar-refractivity contribution < 1.29 is 8.78 Å². The first-order valence-corrected chi connectivity index (χ1v) is 7.42. The number of imidazole rings is 1. The van der Waals surface area contributed by atoms with Crippen LogP contribution in [0.3, 0.4) is 0 Å². The van der Waals surface area contributed by atoms with Crippen LogP contribution in [0.25, 0.3) is 17.2 Å². The zero-order valence-corrected chi connectivity index (χ0v) is 12.2. The number of halogens is 2. The average Bonchev–Trinajstić information content (AvgIpc) is 3.24. The Bertz CT molecular complexity index is 841. The molecule has 0 spiro atoms. The molecule has 0 saturated carbocycles.